The van der Waals surface area contributed by atoms with E-state index in [0.29, 0.717) is 47.1 Å². The summed E-state index contributed by atoms with van der Waals surface area (Å²) in [5, 5.41) is 9.28. The number of hydrogen-bond acceptors (Lipinski definition) is 12. The summed E-state index contributed by atoms with van der Waals surface area (Å²) in [7, 11) is 3.92. The van der Waals surface area contributed by atoms with Crippen LogP contribution in [0.4, 0.5) is 26.7 Å². The molecule has 2 aromatic carbocycles. The van der Waals surface area contributed by atoms with Gasteiger partial charge in [0.15, 0.2) is 0 Å². The number of nitrogens with one attached hydrogen (secondary N) is 3. The largest absolute Gasteiger partial charge is 0.442 e. The standard InChI is InChI=1S/C20H20Cl2N4O3S.C16H11Cl2N3O3S.C4H12N2/c1-25-8-2-7-23-18(25)14-4-3-12(9-15(14)21)26-11-13(29-20(26)28)10-24-19(27)16-5-6-17(22)30-16;1-19-12-3-2-9(6-11(12)17)21-8-10(24-16(21)23)7-20-15(22)13-4-5-14(18)25-13;1-6-4-2-3-5/h3-6,9,13H,2,7-8,10-11H2,1H3,(H,24,27);2-6,10H,7-8H2,(H,20,22);6H,2-5H2,1H3/t13-;10-;/m00./s1. The van der Waals surface area contributed by atoms with Gasteiger partial charge < -0.3 is 36.1 Å². The topological polar surface area (TPSA) is 175 Å². The summed E-state index contributed by atoms with van der Waals surface area (Å²) in [4.78, 5) is 62.4. The molecule has 4 amide bonds. The molecular weight excluding hydrogens is 908 g/mol. The van der Waals surface area contributed by atoms with Gasteiger partial charge in [-0.3, -0.25) is 24.4 Å². The van der Waals surface area contributed by atoms with E-state index in [4.69, 9.17) is 68.2 Å². The summed E-state index contributed by atoms with van der Waals surface area (Å²) in [6.45, 7) is 11.5. The van der Waals surface area contributed by atoms with Gasteiger partial charge >= 0.3 is 12.2 Å². The lowest BCUT2D eigenvalue weighted by Crippen LogP contribution is -2.34. The molecule has 2 atom stereocenters. The number of nitrogens with zero attached hydrogens (tertiary/aromatic N) is 5. The molecule has 21 heteroatoms. The number of cyclic esters (lactones) is 2. The minimum atomic E-state index is -0.523. The number of carbonyl (C=O) groups is 4. The lowest BCUT2D eigenvalue weighted by atomic mass is 10.1. The summed E-state index contributed by atoms with van der Waals surface area (Å²) in [5.41, 5.74) is 7.52. The summed E-state index contributed by atoms with van der Waals surface area (Å²) >= 11 is 26.6. The van der Waals surface area contributed by atoms with E-state index >= 15 is 0 Å². The Morgan fingerprint density at radius 3 is 1.82 bits per heavy atom. The van der Waals surface area contributed by atoms with Gasteiger partial charge in [0.1, 0.15) is 18.0 Å². The lowest BCUT2D eigenvalue weighted by molar-refractivity contribution is 0.0915. The molecule has 7 rings (SSSR count). The van der Waals surface area contributed by atoms with Crippen molar-refractivity contribution in [1.82, 2.24) is 20.9 Å². The van der Waals surface area contributed by atoms with Gasteiger partial charge in [0, 0.05) is 42.1 Å². The van der Waals surface area contributed by atoms with Crippen LogP contribution in [0.1, 0.15) is 37.7 Å². The second-order valence-electron chi connectivity index (χ2n) is 13.5. The average molecular weight is 952 g/mol. The smallest absolute Gasteiger partial charge is 0.414 e. The fourth-order valence-corrected chi connectivity index (χ4v) is 8.43. The fraction of sp³-hybridized carbons (Fsp3) is 0.350. The van der Waals surface area contributed by atoms with Crippen molar-refractivity contribution in [2.75, 3.05) is 76.3 Å². The Labute approximate surface area is 381 Å². The first kappa shape index (κ1) is 47.4. The lowest BCUT2D eigenvalue weighted by Gasteiger charge is -2.26. The van der Waals surface area contributed by atoms with Gasteiger partial charge in [-0.25, -0.2) is 14.4 Å². The van der Waals surface area contributed by atoms with Crippen LogP contribution in [0, 0.1) is 6.57 Å². The number of carbonyl (C=O) groups excluding carboxylic acids is 4. The number of thiophene rings is 2. The molecule has 3 aliphatic rings. The maximum Gasteiger partial charge on any atom is 0.414 e. The molecule has 5 N–H and O–H groups in total. The maximum absolute atomic E-state index is 12.4. The molecule has 61 heavy (non-hydrogen) atoms. The Kier molecular flexibility index (Phi) is 17.9. The van der Waals surface area contributed by atoms with Gasteiger partial charge in [-0.1, -0.05) is 52.5 Å². The van der Waals surface area contributed by atoms with Crippen molar-refractivity contribution in [2.45, 2.75) is 25.0 Å². The van der Waals surface area contributed by atoms with Gasteiger partial charge in [-0.05, 0) is 87.6 Å². The highest BCUT2D eigenvalue weighted by Crippen LogP contribution is 2.32. The number of amidine groups is 1. The highest BCUT2D eigenvalue weighted by molar-refractivity contribution is 7.18. The minimum absolute atomic E-state index is 0.185. The predicted octanol–water partition coefficient (Wildman–Crippen LogP) is 7.81. The Balaban J connectivity index is 0.000000206. The van der Waals surface area contributed by atoms with Crippen LogP contribution in [0.5, 0.6) is 0 Å². The Bertz CT molecular complexity index is 2260. The predicted molar refractivity (Wildman–Crippen MR) is 244 cm³/mol. The van der Waals surface area contributed by atoms with Crippen molar-refractivity contribution in [3.63, 3.8) is 0 Å². The number of anilines is 2. The number of nitrogens with two attached hydrogens (primary N) is 1. The molecule has 4 aromatic rings. The van der Waals surface area contributed by atoms with E-state index in [-0.39, 0.29) is 36.5 Å². The molecule has 0 radical (unpaired) electrons. The van der Waals surface area contributed by atoms with Crippen molar-refractivity contribution < 1.29 is 28.7 Å². The van der Waals surface area contributed by atoms with Crippen LogP contribution >= 0.6 is 69.1 Å². The van der Waals surface area contributed by atoms with Crippen LogP contribution in [0.3, 0.4) is 0 Å². The molecule has 0 aliphatic carbocycles. The number of amides is 4. The van der Waals surface area contributed by atoms with Gasteiger partial charge in [0.05, 0.1) is 56.2 Å². The quantitative estimate of drug-likeness (QED) is 0.0816. The van der Waals surface area contributed by atoms with E-state index in [9.17, 15) is 19.2 Å². The Morgan fingerprint density at radius 2 is 1.39 bits per heavy atom. The second kappa shape index (κ2) is 23.0. The van der Waals surface area contributed by atoms with E-state index in [1.54, 1.807) is 48.5 Å². The zero-order chi connectivity index (χ0) is 44.1. The molecule has 5 heterocycles. The first-order chi connectivity index (χ1) is 29.3. The van der Waals surface area contributed by atoms with Crippen molar-refractivity contribution in [3.05, 3.63) is 106 Å². The second-order valence-corrected chi connectivity index (χ2v) is 17.7. The maximum atomic E-state index is 12.4. The third-order valence-corrected chi connectivity index (χ3v) is 12.2. The van der Waals surface area contributed by atoms with Gasteiger partial charge in [-0.15, -0.1) is 22.7 Å². The molecule has 0 spiro atoms. The Hall–Kier alpha value is -4.64. The fourth-order valence-electron chi connectivity index (χ4n) is 6.03. The highest BCUT2D eigenvalue weighted by atomic mass is 35.5. The monoisotopic (exact) mass is 949 g/mol. The molecular formula is C40H43Cl4N9O6S2. The molecule has 2 aromatic heterocycles. The normalized spacial score (nSPS) is 17.0. The first-order valence-corrected chi connectivity index (χ1v) is 22.1. The zero-order valence-corrected chi connectivity index (χ0v) is 37.7. The van der Waals surface area contributed by atoms with E-state index in [0.717, 1.165) is 50.4 Å². The summed E-state index contributed by atoms with van der Waals surface area (Å²) < 4.78 is 11.7. The van der Waals surface area contributed by atoms with E-state index in [1.165, 1.54) is 32.5 Å². The van der Waals surface area contributed by atoms with E-state index < -0.39 is 24.4 Å². The zero-order valence-electron chi connectivity index (χ0n) is 33.1. The van der Waals surface area contributed by atoms with Crippen molar-refractivity contribution in [3.8, 4) is 0 Å². The highest BCUT2D eigenvalue weighted by Gasteiger charge is 2.34. The molecule has 0 saturated carbocycles. The Morgan fingerprint density at radius 1 is 0.852 bits per heavy atom. The summed E-state index contributed by atoms with van der Waals surface area (Å²) in [5.74, 6) is 0.345. The summed E-state index contributed by atoms with van der Waals surface area (Å²) in [6.07, 6.45) is 0.174. The van der Waals surface area contributed by atoms with Crippen molar-refractivity contribution in [1.29, 1.82) is 0 Å². The molecule has 3 aliphatic heterocycles. The van der Waals surface area contributed by atoms with Gasteiger partial charge in [0.25, 0.3) is 11.8 Å². The number of ether oxygens (including phenoxy) is 2. The number of hydrogen-bond donors (Lipinski definition) is 4. The van der Waals surface area contributed by atoms with Gasteiger partial charge in [0.2, 0.25) is 5.69 Å². The third-order valence-electron chi connectivity index (χ3n) is 9.10. The van der Waals surface area contributed by atoms with Crippen LogP contribution in [0.15, 0.2) is 65.7 Å². The van der Waals surface area contributed by atoms with Crippen LogP contribution < -0.4 is 31.5 Å². The van der Waals surface area contributed by atoms with Crippen LogP contribution in [-0.2, 0) is 9.47 Å². The van der Waals surface area contributed by atoms with E-state index in [2.05, 4.69) is 30.7 Å². The average Bonchev–Trinajstić information content (AvgIpc) is 4.06. The minimum Gasteiger partial charge on any atom is -0.442 e. The van der Waals surface area contributed by atoms with E-state index in [1.807, 2.05) is 26.2 Å². The number of benzene rings is 2. The SMILES string of the molecule is CN1CCCN=C1c1ccc(N2C[C@H](CNC(=O)c3ccc(Cl)s3)OC2=O)cc1Cl.CNCCCN.[C-]#[N+]c1ccc(N2C[C@H](CNC(=O)c3ccc(Cl)s3)OC2=O)cc1Cl. The first-order valence-electron chi connectivity index (χ1n) is 18.9. The number of aliphatic imine (C=N–C) groups is 1. The van der Waals surface area contributed by atoms with Gasteiger partial charge in [-0.2, -0.15) is 0 Å². The number of rotatable bonds is 12. The molecule has 0 bridgehead atoms. The van der Waals surface area contributed by atoms with Crippen LogP contribution in [-0.4, -0.2) is 113 Å². The molecule has 324 valence electrons. The van der Waals surface area contributed by atoms with Crippen molar-refractivity contribution >= 4 is 116 Å². The van der Waals surface area contributed by atoms with Crippen LogP contribution in [0.2, 0.25) is 18.7 Å². The molecule has 15 nitrogen and oxygen atoms in total. The third kappa shape index (κ3) is 13.2. The van der Waals surface area contributed by atoms with Crippen molar-refractivity contribution in [2.24, 2.45) is 10.7 Å². The molecule has 0 unspecified atom stereocenters. The van der Waals surface area contributed by atoms with Crippen LogP contribution in [0.25, 0.3) is 4.85 Å². The molecule has 2 saturated heterocycles. The number of halogens is 4. The summed E-state index contributed by atoms with van der Waals surface area (Å²) in [6, 6.07) is 16.8. The molecule has 2 fully saturated rings.